The Balaban J connectivity index is 2.29. The lowest BCUT2D eigenvalue weighted by Crippen LogP contribution is -2.03. The minimum atomic E-state index is -0.0529. The Morgan fingerprint density at radius 1 is 0.833 bits per heavy atom. The molecular formula is C26H34O4. The van der Waals surface area contributed by atoms with Crippen molar-refractivity contribution in [1.82, 2.24) is 0 Å². The molecule has 0 amide bonds. The molecule has 0 N–H and O–H groups in total. The first-order valence-corrected chi connectivity index (χ1v) is 11.0. The summed E-state index contributed by atoms with van der Waals surface area (Å²) in [4.78, 5) is 12.6. The van der Waals surface area contributed by atoms with Crippen molar-refractivity contribution < 1.29 is 19.0 Å². The molecule has 2 rings (SSSR count). The van der Waals surface area contributed by atoms with Gasteiger partial charge in [-0.25, -0.2) is 0 Å². The summed E-state index contributed by atoms with van der Waals surface area (Å²) in [6, 6.07) is 11.3. The number of rotatable bonds is 13. The van der Waals surface area contributed by atoms with E-state index in [1.165, 1.54) is 0 Å². The molecule has 30 heavy (non-hydrogen) atoms. The van der Waals surface area contributed by atoms with Crippen LogP contribution in [0.15, 0.2) is 42.5 Å². The molecule has 0 spiro atoms. The Hall–Kier alpha value is -2.75. The molecule has 4 nitrogen and oxygen atoms in total. The zero-order valence-electron chi connectivity index (χ0n) is 18.7. The number of allylic oxidation sites excluding steroid dienone is 1. The van der Waals surface area contributed by atoms with Gasteiger partial charge >= 0.3 is 0 Å². The SMILES string of the molecule is CCCOc1cc(OCCC)c(CCC)cc1C=CC(=O)c1ccc(OCC)cc1. The largest absolute Gasteiger partial charge is 0.494 e. The summed E-state index contributed by atoms with van der Waals surface area (Å²) >= 11 is 0. The third kappa shape index (κ3) is 6.94. The predicted molar refractivity (Wildman–Crippen MR) is 123 cm³/mol. The van der Waals surface area contributed by atoms with Gasteiger partial charge in [-0.2, -0.15) is 0 Å². The highest BCUT2D eigenvalue weighted by molar-refractivity contribution is 6.07. The van der Waals surface area contributed by atoms with E-state index in [9.17, 15) is 4.79 Å². The third-order valence-corrected chi connectivity index (χ3v) is 4.50. The third-order valence-electron chi connectivity index (χ3n) is 4.50. The molecule has 0 aliphatic carbocycles. The summed E-state index contributed by atoms with van der Waals surface area (Å²) in [5.74, 6) is 2.33. The molecule has 0 unspecified atom stereocenters. The van der Waals surface area contributed by atoms with Crippen molar-refractivity contribution in [2.75, 3.05) is 19.8 Å². The van der Waals surface area contributed by atoms with Crippen LogP contribution in [0.2, 0.25) is 0 Å². The van der Waals surface area contributed by atoms with E-state index < -0.39 is 0 Å². The standard InChI is InChI=1S/C26H34O4/c1-5-9-21-18-22(26(30-17-7-3)19-25(21)29-16-6-2)12-15-24(27)20-10-13-23(14-11-20)28-8-4/h10-15,18-19H,5-9,16-17H2,1-4H3. The van der Waals surface area contributed by atoms with Gasteiger partial charge in [0.05, 0.1) is 19.8 Å². The summed E-state index contributed by atoms with van der Waals surface area (Å²) in [5, 5.41) is 0. The van der Waals surface area contributed by atoms with E-state index in [4.69, 9.17) is 14.2 Å². The zero-order chi connectivity index (χ0) is 21.8. The van der Waals surface area contributed by atoms with Gasteiger partial charge in [-0.3, -0.25) is 4.79 Å². The van der Waals surface area contributed by atoms with Gasteiger partial charge in [-0.1, -0.05) is 27.2 Å². The number of aryl methyl sites for hydroxylation is 1. The van der Waals surface area contributed by atoms with Crippen molar-refractivity contribution in [2.45, 2.75) is 53.4 Å². The molecule has 0 heterocycles. The maximum Gasteiger partial charge on any atom is 0.185 e. The predicted octanol–water partition coefficient (Wildman–Crippen LogP) is 6.51. The minimum absolute atomic E-state index is 0.0529. The summed E-state index contributed by atoms with van der Waals surface area (Å²) < 4.78 is 17.4. The van der Waals surface area contributed by atoms with E-state index in [0.717, 1.165) is 54.1 Å². The van der Waals surface area contributed by atoms with Crippen LogP contribution in [-0.4, -0.2) is 25.6 Å². The zero-order valence-corrected chi connectivity index (χ0v) is 18.7. The van der Waals surface area contributed by atoms with Crippen LogP contribution in [0, 0.1) is 0 Å². The Morgan fingerprint density at radius 3 is 2.10 bits per heavy atom. The first-order valence-electron chi connectivity index (χ1n) is 11.0. The van der Waals surface area contributed by atoms with Gasteiger partial charge in [0.15, 0.2) is 5.78 Å². The molecule has 2 aromatic rings. The molecule has 0 saturated heterocycles. The molecule has 0 fully saturated rings. The van der Waals surface area contributed by atoms with Crippen molar-refractivity contribution in [3.05, 3.63) is 59.2 Å². The lowest BCUT2D eigenvalue weighted by atomic mass is 10.0. The average molecular weight is 411 g/mol. The van der Waals surface area contributed by atoms with Gasteiger partial charge in [0.1, 0.15) is 17.2 Å². The van der Waals surface area contributed by atoms with Crippen LogP contribution in [-0.2, 0) is 6.42 Å². The van der Waals surface area contributed by atoms with Crippen molar-refractivity contribution in [1.29, 1.82) is 0 Å². The molecule has 0 aliphatic heterocycles. The molecule has 162 valence electrons. The Kier molecular flexibility index (Phi) is 9.99. The second kappa shape index (κ2) is 12.7. The number of hydrogen-bond acceptors (Lipinski definition) is 4. The summed E-state index contributed by atoms with van der Waals surface area (Å²) in [5.41, 5.74) is 2.67. The first kappa shape index (κ1) is 23.5. The Morgan fingerprint density at radius 2 is 1.50 bits per heavy atom. The van der Waals surface area contributed by atoms with Crippen LogP contribution in [0.25, 0.3) is 6.08 Å². The summed E-state index contributed by atoms with van der Waals surface area (Å²) in [6.45, 7) is 10.2. The quantitative estimate of drug-likeness (QED) is 0.279. The van der Waals surface area contributed by atoms with Crippen molar-refractivity contribution >= 4 is 11.9 Å². The van der Waals surface area contributed by atoms with Crippen LogP contribution < -0.4 is 14.2 Å². The van der Waals surface area contributed by atoms with Crippen LogP contribution in [0.4, 0.5) is 0 Å². The van der Waals surface area contributed by atoms with Crippen molar-refractivity contribution in [3.8, 4) is 17.2 Å². The maximum absolute atomic E-state index is 12.6. The van der Waals surface area contributed by atoms with Crippen LogP contribution in [0.3, 0.4) is 0 Å². The molecule has 2 aromatic carbocycles. The second-order valence-corrected chi connectivity index (χ2v) is 7.10. The van der Waals surface area contributed by atoms with Crippen LogP contribution in [0.5, 0.6) is 17.2 Å². The highest BCUT2D eigenvalue weighted by atomic mass is 16.5. The number of ether oxygens (including phenoxy) is 3. The monoisotopic (exact) mass is 410 g/mol. The van der Waals surface area contributed by atoms with Crippen molar-refractivity contribution in [2.24, 2.45) is 0 Å². The van der Waals surface area contributed by atoms with Gasteiger partial charge < -0.3 is 14.2 Å². The Labute approximate surface area is 180 Å². The highest BCUT2D eigenvalue weighted by Gasteiger charge is 2.11. The number of ketones is 1. The molecule has 0 aliphatic rings. The van der Waals surface area contributed by atoms with E-state index in [-0.39, 0.29) is 5.78 Å². The smallest absolute Gasteiger partial charge is 0.185 e. The summed E-state index contributed by atoms with van der Waals surface area (Å²) in [6.07, 6.45) is 7.25. The van der Waals surface area contributed by atoms with Crippen LogP contribution in [0.1, 0.15) is 68.4 Å². The van der Waals surface area contributed by atoms with E-state index in [1.54, 1.807) is 18.2 Å². The number of hydrogen-bond donors (Lipinski definition) is 0. The second-order valence-electron chi connectivity index (χ2n) is 7.10. The normalized spacial score (nSPS) is 10.9. The first-order chi connectivity index (χ1) is 14.6. The van der Waals surface area contributed by atoms with Gasteiger partial charge in [-0.05, 0) is 74.2 Å². The van der Waals surface area contributed by atoms with E-state index in [2.05, 4.69) is 26.8 Å². The van der Waals surface area contributed by atoms with Gasteiger partial charge in [0.2, 0.25) is 0 Å². The minimum Gasteiger partial charge on any atom is -0.494 e. The molecule has 0 atom stereocenters. The van der Waals surface area contributed by atoms with E-state index in [1.807, 2.05) is 31.2 Å². The maximum atomic E-state index is 12.6. The molecule has 0 aromatic heterocycles. The topological polar surface area (TPSA) is 44.8 Å². The molecule has 0 bridgehead atoms. The fraction of sp³-hybridized carbons (Fsp3) is 0.423. The van der Waals surface area contributed by atoms with E-state index >= 15 is 0 Å². The molecule has 0 radical (unpaired) electrons. The summed E-state index contributed by atoms with van der Waals surface area (Å²) in [7, 11) is 0. The average Bonchev–Trinajstić information content (AvgIpc) is 2.76. The van der Waals surface area contributed by atoms with Gasteiger partial charge in [0.25, 0.3) is 0 Å². The fourth-order valence-corrected chi connectivity index (χ4v) is 3.05. The molecule has 0 saturated carbocycles. The van der Waals surface area contributed by atoms with E-state index in [0.29, 0.717) is 25.4 Å². The van der Waals surface area contributed by atoms with Crippen LogP contribution >= 0.6 is 0 Å². The number of carbonyl (C=O) groups excluding carboxylic acids is 1. The van der Waals surface area contributed by atoms with Gasteiger partial charge in [-0.15, -0.1) is 0 Å². The Bertz CT molecular complexity index is 822. The molecule has 4 heteroatoms. The lowest BCUT2D eigenvalue weighted by molar-refractivity contribution is 0.104. The number of carbonyl (C=O) groups is 1. The lowest BCUT2D eigenvalue weighted by Gasteiger charge is -2.16. The molecular weight excluding hydrogens is 376 g/mol. The fourth-order valence-electron chi connectivity index (χ4n) is 3.05. The number of benzene rings is 2. The van der Waals surface area contributed by atoms with Crippen molar-refractivity contribution in [3.63, 3.8) is 0 Å². The highest BCUT2D eigenvalue weighted by Crippen LogP contribution is 2.32. The van der Waals surface area contributed by atoms with Gasteiger partial charge in [0, 0.05) is 17.2 Å².